The zero-order valence-corrected chi connectivity index (χ0v) is 28.0. The van der Waals surface area contributed by atoms with E-state index in [0.29, 0.717) is 18.4 Å². The lowest BCUT2D eigenvalue weighted by molar-refractivity contribution is -0.146. The first-order chi connectivity index (χ1) is 21.6. The molecule has 3 aliphatic carbocycles. The molecule has 4 N–H and O–H groups in total. The highest BCUT2D eigenvalue weighted by molar-refractivity contribution is 6.61. The zero-order valence-electron chi connectivity index (χ0n) is 28.0. The minimum atomic E-state index is -1.06. The summed E-state index contributed by atoms with van der Waals surface area (Å²) in [4.78, 5) is 89.4. The molecule has 13 nitrogen and oxygen atoms in total. The SMILES string of the molecule is C=C/N=C(\C=N/C)C(=O)N[C@H](C(=O)N[C@H](C(=O)N1C[C@@H]2CC3CC3[C@@H]2[C@H]1C(=O)N[C@@H](C)C(=O)C(=O)NC1CC1)C(C)(C)C)C(C)C. The van der Waals surface area contributed by atoms with Crippen LogP contribution >= 0.6 is 0 Å². The second-order valence-corrected chi connectivity index (χ2v) is 14.6. The summed E-state index contributed by atoms with van der Waals surface area (Å²) in [6.07, 6.45) is 6.06. The van der Waals surface area contributed by atoms with E-state index in [0.717, 1.165) is 25.7 Å². The van der Waals surface area contributed by atoms with E-state index in [2.05, 4.69) is 37.8 Å². The molecule has 4 fully saturated rings. The fourth-order valence-electron chi connectivity index (χ4n) is 6.93. The van der Waals surface area contributed by atoms with Crippen molar-refractivity contribution in [3.05, 3.63) is 12.8 Å². The Morgan fingerprint density at radius 3 is 2.17 bits per heavy atom. The van der Waals surface area contributed by atoms with Crippen molar-refractivity contribution in [3.8, 4) is 0 Å². The minimum Gasteiger partial charge on any atom is -0.347 e. The van der Waals surface area contributed by atoms with Crippen molar-refractivity contribution >= 4 is 47.2 Å². The molecule has 0 aromatic carbocycles. The van der Waals surface area contributed by atoms with Crippen LogP contribution in [0.4, 0.5) is 0 Å². The van der Waals surface area contributed by atoms with Crippen molar-refractivity contribution in [2.45, 2.75) is 97.4 Å². The molecule has 5 amide bonds. The maximum atomic E-state index is 14.4. The van der Waals surface area contributed by atoms with Gasteiger partial charge >= 0.3 is 0 Å². The van der Waals surface area contributed by atoms with Gasteiger partial charge in [-0.2, -0.15) is 0 Å². The van der Waals surface area contributed by atoms with Crippen molar-refractivity contribution in [1.29, 1.82) is 0 Å². The van der Waals surface area contributed by atoms with E-state index in [9.17, 15) is 28.8 Å². The predicted molar refractivity (Wildman–Crippen MR) is 173 cm³/mol. The summed E-state index contributed by atoms with van der Waals surface area (Å²) in [5.41, 5.74) is -0.777. The maximum Gasteiger partial charge on any atom is 0.289 e. The van der Waals surface area contributed by atoms with Crippen molar-refractivity contribution < 1.29 is 28.8 Å². The molecule has 0 radical (unpaired) electrons. The van der Waals surface area contributed by atoms with Crippen LogP contribution < -0.4 is 21.3 Å². The van der Waals surface area contributed by atoms with E-state index in [1.807, 2.05) is 20.8 Å². The number of Topliss-reactive ketones (excluding diaryl/α,β-unsaturated/α-hetero) is 1. The van der Waals surface area contributed by atoms with E-state index in [1.54, 1.807) is 18.7 Å². The summed E-state index contributed by atoms with van der Waals surface area (Å²) in [7, 11) is 1.49. The molecule has 4 rings (SSSR count). The Hall–Kier alpha value is -3.90. The molecule has 0 spiro atoms. The number of nitrogens with zero attached hydrogens (tertiary/aromatic N) is 3. The Morgan fingerprint density at radius 2 is 1.61 bits per heavy atom. The smallest absolute Gasteiger partial charge is 0.289 e. The first-order valence-electron chi connectivity index (χ1n) is 16.3. The number of rotatable bonds is 13. The third kappa shape index (κ3) is 7.72. The van der Waals surface area contributed by atoms with Gasteiger partial charge in [-0.25, -0.2) is 0 Å². The summed E-state index contributed by atoms with van der Waals surface area (Å²) in [5, 5.41) is 11.0. The maximum absolute atomic E-state index is 14.4. The molecular formula is C33H49N7O6. The van der Waals surface area contributed by atoms with Crippen LogP contribution in [0.5, 0.6) is 0 Å². The largest absolute Gasteiger partial charge is 0.347 e. The lowest BCUT2D eigenvalue weighted by atomic mass is 9.84. The quantitative estimate of drug-likeness (QED) is 0.171. The van der Waals surface area contributed by atoms with Crippen LogP contribution in [0, 0.1) is 35.0 Å². The Kier molecular flexibility index (Phi) is 10.5. The predicted octanol–water partition coefficient (Wildman–Crippen LogP) is 0.779. The van der Waals surface area contributed by atoms with Crippen LogP contribution in [0.2, 0.25) is 0 Å². The van der Waals surface area contributed by atoms with Gasteiger partial charge < -0.3 is 26.2 Å². The van der Waals surface area contributed by atoms with Gasteiger partial charge in [0.05, 0.1) is 12.3 Å². The number of ketones is 1. The number of nitrogens with one attached hydrogen (secondary N) is 4. The van der Waals surface area contributed by atoms with Gasteiger partial charge in [-0.05, 0) is 67.6 Å². The minimum absolute atomic E-state index is 0.00835. The number of carbonyl (C=O) groups excluding carboxylic acids is 6. The summed E-state index contributed by atoms with van der Waals surface area (Å²) in [6.45, 7) is 14.4. The van der Waals surface area contributed by atoms with E-state index < -0.39 is 64.9 Å². The molecule has 1 heterocycles. The van der Waals surface area contributed by atoms with Gasteiger partial charge in [0.2, 0.25) is 23.5 Å². The molecule has 1 aliphatic heterocycles. The molecule has 1 saturated heterocycles. The average Bonchev–Trinajstić information content (AvgIpc) is 3.88. The summed E-state index contributed by atoms with van der Waals surface area (Å²) in [6, 6.07) is -3.90. The van der Waals surface area contributed by atoms with Crippen molar-refractivity contribution in [1.82, 2.24) is 26.2 Å². The highest BCUT2D eigenvalue weighted by Gasteiger charge is 2.63. The van der Waals surface area contributed by atoms with Gasteiger partial charge in [0.15, 0.2) is 0 Å². The van der Waals surface area contributed by atoms with Gasteiger partial charge in [0, 0.05) is 25.8 Å². The number of carbonyl (C=O) groups is 6. The molecule has 8 atom stereocenters. The standard InChI is InChI=1S/C33H49N7O6/c1-9-35-22(14-34-8)28(42)38-24(16(2)3)29(43)39-27(33(5,6)7)32(46)40-15-19-12-18-13-21(18)23(19)25(40)30(44)36-17(4)26(41)31(45)37-20-10-11-20/h9,14,16-21,23-25,27H,1,10-13,15H2,2-8H3,(H,36,44)(H,37,45)(H,38,42)(H,39,43)/b34-14-,35-22+/t17-,18?,19-,21?,23+,24-,25-,27+/m0/s1. The number of likely N-dealkylation sites (tertiary alicyclic amines) is 1. The van der Waals surface area contributed by atoms with E-state index in [4.69, 9.17) is 0 Å². The number of fused-ring (bicyclic) bond motifs is 3. The molecule has 252 valence electrons. The first kappa shape index (κ1) is 35.0. The lowest BCUT2D eigenvalue weighted by Crippen LogP contribution is -2.62. The summed E-state index contributed by atoms with van der Waals surface area (Å²) >= 11 is 0. The highest BCUT2D eigenvalue weighted by atomic mass is 16.2. The molecule has 4 aliphatic rings. The molecule has 46 heavy (non-hydrogen) atoms. The van der Waals surface area contributed by atoms with Crippen LogP contribution in [0.1, 0.15) is 67.2 Å². The fraction of sp³-hybridized carbons (Fsp3) is 0.697. The fourth-order valence-corrected chi connectivity index (χ4v) is 6.93. The van der Waals surface area contributed by atoms with E-state index in [1.165, 1.54) is 26.4 Å². The molecule has 0 aromatic heterocycles. The third-order valence-corrected chi connectivity index (χ3v) is 9.54. The van der Waals surface area contributed by atoms with Crippen molar-refractivity contribution in [2.75, 3.05) is 13.6 Å². The van der Waals surface area contributed by atoms with E-state index >= 15 is 0 Å². The molecule has 0 aromatic rings. The monoisotopic (exact) mass is 639 g/mol. The van der Waals surface area contributed by atoms with Crippen molar-refractivity contribution in [3.63, 3.8) is 0 Å². The normalized spacial score (nSPS) is 27.3. The Bertz CT molecular complexity index is 1330. The number of hydrogen-bond acceptors (Lipinski definition) is 8. The Balaban J connectivity index is 1.53. The molecule has 3 saturated carbocycles. The van der Waals surface area contributed by atoms with Gasteiger partial charge in [-0.15, -0.1) is 0 Å². The summed E-state index contributed by atoms with van der Waals surface area (Å²) < 4.78 is 0. The van der Waals surface area contributed by atoms with Crippen LogP contribution in [-0.4, -0.2) is 95.9 Å². The van der Waals surface area contributed by atoms with Gasteiger partial charge in [-0.1, -0.05) is 41.2 Å². The lowest BCUT2D eigenvalue weighted by Gasteiger charge is -2.37. The van der Waals surface area contributed by atoms with Crippen LogP contribution in [0.15, 0.2) is 22.8 Å². The highest BCUT2D eigenvalue weighted by Crippen LogP contribution is 2.62. The van der Waals surface area contributed by atoms with Crippen LogP contribution in [-0.2, 0) is 28.8 Å². The van der Waals surface area contributed by atoms with Gasteiger partial charge in [0.1, 0.15) is 23.8 Å². The van der Waals surface area contributed by atoms with E-state index in [-0.39, 0.29) is 29.5 Å². The molecule has 2 unspecified atom stereocenters. The Morgan fingerprint density at radius 1 is 0.935 bits per heavy atom. The second kappa shape index (κ2) is 13.8. The number of aliphatic imine (C=N–C) groups is 2. The zero-order chi connectivity index (χ0) is 34.1. The third-order valence-electron chi connectivity index (χ3n) is 9.54. The summed E-state index contributed by atoms with van der Waals surface area (Å²) in [5.74, 6) is -2.88. The number of hydrogen-bond donors (Lipinski definition) is 4. The van der Waals surface area contributed by atoms with Crippen molar-refractivity contribution in [2.24, 2.45) is 45.0 Å². The Labute approximate surface area is 270 Å². The number of amides is 5. The average molecular weight is 640 g/mol. The first-order valence-corrected chi connectivity index (χ1v) is 16.3. The molecule has 0 bridgehead atoms. The molecule has 13 heteroatoms. The second-order valence-electron chi connectivity index (χ2n) is 14.6. The molecular weight excluding hydrogens is 590 g/mol. The topological polar surface area (TPSA) is 178 Å². The van der Waals surface area contributed by atoms with Crippen LogP contribution in [0.25, 0.3) is 0 Å². The van der Waals surface area contributed by atoms with Gasteiger partial charge in [0.25, 0.3) is 11.8 Å². The van der Waals surface area contributed by atoms with Gasteiger partial charge in [-0.3, -0.25) is 38.8 Å². The van der Waals surface area contributed by atoms with Crippen LogP contribution in [0.3, 0.4) is 0 Å².